The van der Waals surface area contributed by atoms with Crippen LogP contribution in [0.4, 0.5) is 4.79 Å². The zero-order chi connectivity index (χ0) is 18.6. The Bertz CT molecular complexity index is 575. The van der Waals surface area contributed by atoms with E-state index >= 15 is 0 Å². The average molecular weight is 363 g/mol. The predicted molar refractivity (Wildman–Crippen MR) is 96.5 cm³/mol. The zero-order valence-electron chi connectivity index (χ0n) is 15.6. The number of ether oxygens (including phenoxy) is 3. The molecule has 2 unspecified atom stereocenters. The molecule has 2 aliphatic rings. The summed E-state index contributed by atoms with van der Waals surface area (Å²) in [7, 11) is 3.16. The van der Waals surface area contributed by atoms with E-state index in [0.717, 1.165) is 24.8 Å². The second-order valence-electron chi connectivity index (χ2n) is 7.42. The van der Waals surface area contributed by atoms with Gasteiger partial charge in [-0.05, 0) is 37.7 Å². The Kier molecular flexibility index (Phi) is 6.16. The number of carbonyl (C=O) groups is 1. The van der Waals surface area contributed by atoms with Crippen molar-refractivity contribution >= 4 is 6.09 Å². The monoisotopic (exact) mass is 363 g/mol. The first-order valence-electron chi connectivity index (χ1n) is 9.31. The Morgan fingerprint density at radius 2 is 1.81 bits per heavy atom. The summed E-state index contributed by atoms with van der Waals surface area (Å²) in [4.78, 5) is 14.6. The van der Waals surface area contributed by atoms with E-state index in [2.05, 4.69) is 0 Å². The summed E-state index contributed by atoms with van der Waals surface area (Å²) < 4.78 is 16.1. The molecule has 2 bridgehead atoms. The summed E-state index contributed by atoms with van der Waals surface area (Å²) in [6.07, 6.45) is 3.64. The molecule has 144 valence electrons. The first kappa shape index (κ1) is 19.1. The number of methoxy groups -OCH3 is 2. The van der Waals surface area contributed by atoms with Crippen molar-refractivity contribution in [3.63, 3.8) is 0 Å². The summed E-state index contributed by atoms with van der Waals surface area (Å²) in [6.45, 7) is 0.273. The van der Waals surface area contributed by atoms with Gasteiger partial charge in [0, 0.05) is 32.7 Å². The fourth-order valence-electron chi connectivity index (χ4n) is 4.36. The molecule has 2 saturated heterocycles. The van der Waals surface area contributed by atoms with Crippen LogP contribution in [0, 0.1) is 0 Å². The number of fused-ring (bicyclic) bond motifs is 2. The molecular formula is C20H29NO5. The van der Waals surface area contributed by atoms with E-state index < -0.39 is 11.9 Å². The van der Waals surface area contributed by atoms with Crippen molar-refractivity contribution < 1.29 is 24.1 Å². The number of aliphatic hydroxyl groups is 1. The normalized spacial score (nSPS) is 28.2. The molecule has 2 heterocycles. The number of nitrogens with zero attached hydrogens (tertiary/aromatic N) is 1. The molecule has 2 fully saturated rings. The smallest absolute Gasteiger partial charge is 0.410 e. The molecule has 2 atom stereocenters. The summed E-state index contributed by atoms with van der Waals surface area (Å²) >= 11 is 0. The Hall–Kier alpha value is -1.63. The lowest BCUT2D eigenvalue weighted by Gasteiger charge is -2.51. The summed E-state index contributed by atoms with van der Waals surface area (Å²) in [5, 5.41) is 11.1. The van der Waals surface area contributed by atoms with Crippen molar-refractivity contribution in [3.05, 3.63) is 35.9 Å². The lowest BCUT2D eigenvalue weighted by Crippen LogP contribution is -2.60. The van der Waals surface area contributed by atoms with Gasteiger partial charge in [-0.1, -0.05) is 30.3 Å². The summed E-state index contributed by atoms with van der Waals surface area (Å²) in [5.74, 6) is 0. The maximum atomic E-state index is 12.7. The zero-order valence-corrected chi connectivity index (χ0v) is 15.6. The van der Waals surface area contributed by atoms with Crippen molar-refractivity contribution in [2.24, 2.45) is 0 Å². The number of hydrogen-bond donors (Lipinski definition) is 1. The van der Waals surface area contributed by atoms with Crippen molar-refractivity contribution in [2.75, 3.05) is 14.2 Å². The molecule has 26 heavy (non-hydrogen) atoms. The van der Waals surface area contributed by atoms with E-state index in [1.807, 2.05) is 35.2 Å². The lowest BCUT2D eigenvalue weighted by atomic mass is 9.74. The van der Waals surface area contributed by atoms with Crippen LogP contribution >= 0.6 is 0 Å². The maximum absolute atomic E-state index is 12.7. The molecule has 3 rings (SSSR count). The predicted octanol–water partition coefficient (Wildman–Crippen LogP) is 3.08. The van der Waals surface area contributed by atoms with E-state index in [4.69, 9.17) is 14.2 Å². The highest BCUT2D eigenvalue weighted by atomic mass is 16.7. The SMILES string of the molecule is COC(CC1(O)CC2CCCC(C1)N2C(=O)OCc1ccccc1)OC. The maximum Gasteiger partial charge on any atom is 0.410 e. The molecular weight excluding hydrogens is 334 g/mol. The van der Waals surface area contributed by atoms with Gasteiger partial charge in [-0.3, -0.25) is 0 Å². The van der Waals surface area contributed by atoms with E-state index in [9.17, 15) is 9.90 Å². The van der Waals surface area contributed by atoms with E-state index in [-0.39, 0.29) is 24.8 Å². The van der Waals surface area contributed by atoms with Gasteiger partial charge in [0.15, 0.2) is 6.29 Å². The van der Waals surface area contributed by atoms with Crippen molar-refractivity contribution in [2.45, 2.75) is 69.1 Å². The minimum Gasteiger partial charge on any atom is -0.445 e. The molecule has 0 aliphatic carbocycles. The minimum atomic E-state index is -0.872. The molecule has 1 aromatic rings. The molecule has 0 radical (unpaired) electrons. The van der Waals surface area contributed by atoms with Crippen LogP contribution < -0.4 is 0 Å². The fourth-order valence-corrected chi connectivity index (χ4v) is 4.36. The number of piperidine rings is 2. The first-order valence-corrected chi connectivity index (χ1v) is 9.31. The van der Waals surface area contributed by atoms with Gasteiger partial charge in [-0.2, -0.15) is 0 Å². The van der Waals surface area contributed by atoms with Crippen molar-refractivity contribution in [1.82, 2.24) is 4.90 Å². The van der Waals surface area contributed by atoms with E-state index in [1.165, 1.54) is 0 Å². The van der Waals surface area contributed by atoms with Crippen molar-refractivity contribution in [1.29, 1.82) is 0 Å². The van der Waals surface area contributed by atoms with Gasteiger partial charge in [-0.25, -0.2) is 4.79 Å². The third-order valence-corrected chi connectivity index (χ3v) is 5.58. The van der Waals surface area contributed by atoms with Gasteiger partial charge >= 0.3 is 6.09 Å². The summed E-state index contributed by atoms with van der Waals surface area (Å²) in [6, 6.07) is 9.70. The van der Waals surface area contributed by atoms with Crippen LogP contribution in [0.2, 0.25) is 0 Å². The Labute approximate surface area is 155 Å². The lowest BCUT2D eigenvalue weighted by molar-refractivity contribution is -0.167. The minimum absolute atomic E-state index is 0.00476. The third-order valence-electron chi connectivity index (χ3n) is 5.58. The van der Waals surface area contributed by atoms with E-state index in [1.54, 1.807) is 14.2 Å². The molecule has 6 heteroatoms. The molecule has 2 aliphatic heterocycles. The van der Waals surface area contributed by atoms with Crippen molar-refractivity contribution in [3.8, 4) is 0 Å². The highest BCUT2D eigenvalue weighted by molar-refractivity contribution is 5.69. The standard InChI is InChI=1S/C20H29NO5/c1-24-18(25-2)13-20(23)11-16-9-6-10-17(12-20)21(16)19(22)26-14-15-7-4-3-5-8-15/h3-5,7-8,16-18,23H,6,9-14H2,1-2H3. The molecule has 0 spiro atoms. The number of amides is 1. The van der Waals surface area contributed by atoms with Crippen LogP contribution in [0.25, 0.3) is 0 Å². The third kappa shape index (κ3) is 4.37. The Balaban J connectivity index is 1.63. The van der Waals surface area contributed by atoms with Gasteiger partial charge in [0.1, 0.15) is 6.61 Å². The van der Waals surface area contributed by atoms with Crippen LogP contribution in [-0.2, 0) is 20.8 Å². The second kappa shape index (κ2) is 8.37. The summed E-state index contributed by atoms with van der Waals surface area (Å²) in [5.41, 5.74) is 0.102. The highest BCUT2D eigenvalue weighted by Crippen LogP contribution is 2.41. The molecule has 0 aromatic heterocycles. The van der Waals surface area contributed by atoms with Gasteiger partial charge in [-0.15, -0.1) is 0 Å². The largest absolute Gasteiger partial charge is 0.445 e. The molecule has 1 N–H and O–H groups in total. The number of benzene rings is 1. The van der Waals surface area contributed by atoms with E-state index in [0.29, 0.717) is 19.3 Å². The van der Waals surface area contributed by atoms with Gasteiger partial charge in [0.05, 0.1) is 5.60 Å². The highest BCUT2D eigenvalue weighted by Gasteiger charge is 2.48. The molecule has 0 saturated carbocycles. The number of carbonyl (C=O) groups excluding carboxylic acids is 1. The Morgan fingerprint density at radius 3 is 2.38 bits per heavy atom. The van der Waals surface area contributed by atoms with Crippen LogP contribution in [-0.4, -0.2) is 54.3 Å². The quantitative estimate of drug-likeness (QED) is 0.787. The van der Waals surface area contributed by atoms with Crippen LogP contribution in [0.5, 0.6) is 0 Å². The average Bonchev–Trinajstić information content (AvgIpc) is 2.64. The Morgan fingerprint density at radius 1 is 1.19 bits per heavy atom. The van der Waals surface area contributed by atoms with Gasteiger partial charge < -0.3 is 24.2 Å². The first-order chi connectivity index (χ1) is 12.5. The molecule has 6 nitrogen and oxygen atoms in total. The topological polar surface area (TPSA) is 68.2 Å². The fraction of sp³-hybridized carbons (Fsp3) is 0.650. The van der Waals surface area contributed by atoms with Gasteiger partial charge in [0.25, 0.3) is 0 Å². The number of hydrogen-bond acceptors (Lipinski definition) is 5. The van der Waals surface area contributed by atoms with Crippen LogP contribution in [0.1, 0.15) is 44.1 Å². The van der Waals surface area contributed by atoms with Gasteiger partial charge in [0.2, 0.25) is 0 Å². The second-order valence-corrected chi connectivity index (χ2v) is 7.42. The molecule has 1 amide bonds. The van der Waals surface area contributed by atoms with Crippen LogP contribution in [0.3, 0.4) is 0 Å². The number of rotatable bonds is 6. The molecule has 1 aromatic carbocycles. The van der Waals surface area contributed by atoms with Crippen LogP contribution in [0.15, 0.2) is 30.3 Å².